The van der Waals surface area contributed by atoms with Crippen LogP contribution in [0.5, 0.6) is 0 Å². The molecule has 1 aromatic carbocycles. The number of rotatable bonds is 6. The lowest BCUT2D eigenvalue weighted by Crippen LogP contribution is -2.08. The van der Waals surface area contributed by atoms with E-state index >= 15 is 0 Å². The van der Waals surface area contributed by atoms with E-state index in [4.69, 9.17) is 0 Å². The highest BCUT2D eigenvalue weighted by Crippen LogP contribution is 2.15. The molecule has 0 fully saturated rings. The van der Waals surface area contributed by atoms with Gasteiger partial charge >= 0.3 is 0 Å². The Balaban J connectivity index is 2.70. The largest absolute Gasteiger partial charge is 0.389 e. The van der Waals surface area contributed by atoms with E-state index in [1.54, 1.807) is 5.41 Å². The number of hydrogen-bond donors (Lipinski definition) is 1. The van der Waals surface area contributed by atoms with Crippen LogP contribution in [0.25, 0.3) is 0 Å². The van der Waals surface area contributed by atoms with Gasteiger partial charge in [-0.25, -0.2) is 4.21 Å². The molecule has 1 unspecified atom stereocenters. The van der Waals surface area contributed by atoms with Gasteiger partial charge in [-0.1, -0.05) is 37.5 Å². The van der Waals surface area contributed by atoms with Crippen LogP contribution in [-0.4, -0.2) is 15.4 Å². The van der Waals surface area contributed by atoms with Crippen LogP contribution in [0, 0.1) is 6.92 Å². The molecule has 0 bridgehead atoms. The van der Waals surface area contributed by atoms with Gasteiger partial charge in [0.15, 0.2) is 0 Å². The van der Waals surface area contributed by atoms with Crippen LogP contribution >= 0.6 is 0 Å². The number of aliphatic hydroxyl groups excluding tert-OH is 1. The maximum Gasteiger partial charge on any atom is 0.0776 e. The summed E-state index contributed by atoms with van der Waals surface area (Å²) in [5, 5.41) is 11.5. The molecule has 0 aliphatic rings. The van der Waals surface area contributed by atoms with Gasteiger partial charge in [0.2, 0.25) is 0 Å². The minimum atomic E-state index is -1.17. The van der Waals surface area contributed by atoms with Crippen molar-refractivity contribution in [3.63, 3.8) is 0 Å². The number of hydrogen-bond acceptors (Lipinski definition) is 2. The van der Waals surface area contributed by atoms with Crippen LogP contribution in [0.4, 0.5) is 0 Å². The van der Waals surface area contributed by atoms with Crippen molar-refractivity contribution in [1.29, 1.82) is 0 Å². The molecule has 0 saturated carbocycles. The standard InChI is InChI=1S/C15H22O2S/c1-4-5-6-15(16)13(3)11-18(17)14-9-7-12(2)8-10-14/h7-11,15-16H,4-6H2,1-3H3/b13-11-/t15-,18?/m1/s1. The molecule has 1 aromatic rings. The molecule has 1 N–H and O–H groups in total. The van der Waals surface area contributed by atoms with Crippen molar-refractivity contribution in [1.82, 2.24) is 0 Å². The summed E-state index contributed by atoms with van der Waals surface area (Å²) in [5.41, 5.74) is 1.95. The first-order valence-electron chi connectivity index (χ1n) is 6.38. The molecular weight excluding hydrogens is 244 g/mol. The average Bonchev–Trinajstić information content (AvgIpc) is 2.36. The molecule has 0 spiro atoms. The molecule has 18 heavy (non-hydrogen) atoms. The van der Waals surface area contributed by atoms with Gasteiger partial charge in [0.05, 0.1) is 16.9 Å². The van der Waals surface area contributed by atoms with Gasteiger partial charge < -0.3 is 5.11 Å². The fourth-order valence-electron chi connectivity index (χ4n) is 1.61. The van der Waals surface area contributed by atoms with Crippen molar-refractivity contribution in [2.24, 2.45) is 0 Å². The second kappa shape index (κ2) is 7.49. The van der Waals surface area contributed by atoms with Crippen LogP contribution in [0.3, 0.4) is 0 Å². The smallest absolute Gasteiger partial charge is 0.0776 e. The van der Waals surface area contributed by atoms with Crippen molar-refractivity contribution in [3.8, 4) is 0 Å². The molecule has 0 radical (unpaired) electrons. The van der Waals surface area contributed by atoms with E-state index in [2.05, 4.69) is 6.92 Å². The minimum Gasteiger partial charge on any atom is -0.389 e. The lowest BCUT2D eigenvalue weighted by atomic mass is 10.1. The predicted molar refractivity (Wildman–Crippen MR) is 76.9 cm³/mol. The van der Waals surface area contributed by atoms with Gasteiger partial charge in [0, 0.05) is 10.3 Å². The Morgan fingerprint density at radius 2 is 2.00 bits per heavy atom. The maximum atomic E-state index is 12.1. The number of aliphatic hydroxyl groups is 1. The predicted octanol–water partition coefficient (Wildman–Crippen LogP) is 3.56. The van der Waals surface area contributed by atoms with Gasteiger partial charge in [0.25, 0.3) is 0 Å². The Bertz CT molecular complexity index is 421. The molecule has 0 aliphatic carbocycles. The summed E-state index contributed by atoms with van der Waals surface area (Å²) in [6, 6.07) is 7.63. The number of unbranched alkanes of at least 4 members (excludes halogenated alkanes) is 1. The summed E-state index contributed by atoms with van der Waals surface area (Å²) in [4.78, 5) is 0.780. The van der Waals surface area contributed by atoms with Gasteiger partial charge in [-0.2, -0.15) is 0 Å². The highest BCUT2D eigenvalue weighted by molar-refractivity contribution is 7.88. The van der Waals surface area contributed by atoms with Gasteiger partial charge in [-0.05, 0) is 38.0 Å². The first-order valence-corrected chi connectivity index (χ1v) is 7.59. The first-order chi connectivity index (χ1) is 8.54. The van der Waals surface area contributed by atoms with E-state index in [9.17, 15) is 9.32 Å². The molecule has 0 aliphatic heterocycles. The second-order valence-corrected chi connectivity index (χ2v) is 5.93. The maximum absolute atomic E-state index is 12.1. The van der Waals surface area contributed by atoms with E-state index < -0.39 is 16.9 Å². The lowest BCUT2D eigenvalue weighted by Gasteiger charge is -2.10. The normalized spacial score (nSPS) is 15.4. The topological polar surface area (TPSA) is 37.3 Å². The summed E-state index contributed by atoms with van der Waals surface area (Å²) in [6.07, 6.45) is 2.32. The Hall–Kier alpha value is -0.930. The monoisotopic (exact) mass is 266 g/mol. The van der Waals surface area contributed by atoms with Crippen molar-refractivity contribution in [2.45, 2.75) is 51.0 Å². The van der Waals surface area contributed by atoms with Crippen LogP contribution < -0.4 is 0 Å². The fraction of sp³-hybridized carbons (Fsp3) is 0.467. The van der Waals surface area contributed by atoms with E-state index in [0.717, 1.165) is 35.3 Å². The van der Waals surface area contributed by atoms with Crippen molar-refractivity contribution >= 4 is 10.8 Å². The summed E-state index contributed by atoms with van der Waals surface area (Å²) in [5.74, 6) is 0. The van der Waals surface area contributed by atoms with Crippen LogP contribution in [-0.2, 0) is 10.8 Å². The molecule has 0 aromatic heterocycles. The third-order valence-electron chi connectivity index (χ3n) is 2.90. The Morgan fingerprint density at radius 3 is 2.56 bits per heavy atom. The molecule has 2 nitrogen and oxygen atoms in total. The molecule has 0 amide bonds. The van der Waals surface area contributed by atoms with Gasteiger partial charge in [-0.3, -0.25) is 0 Å². The van der Waals surface area contributed by atoms with E-state index in [-0.39, 0.29) is 0 Å². The molecule has 3 heteroatoms. The number of aryl methyl sites for hydroxylation is 1. The molecule has 2 atom stereocenters. The summed E-state index contributed by atoms with van der Waals surface area (Å²) in [7, 11) is -1.17. The molecule has 0 saturated heterocycles. The van der Waals surface area contributed by atoms with Gasteiger partial charge in [-0.15, -0.1) is 0 Å². The molecule has 100 valence electrons. The van der Waals surface area contributed by atoms with Crippen LogP contribution in [0.2, 0.25) is 0 Å². The minimum absolute atomic E-state index is 0.473. The zero-order valence-electron chi connectivity index (χ0n) is 11.3. The average molecular weight is 266 g/mol. The molecule has 0 heterocycles. The number of benzene rings is 1. The quantitative estimate of drug-likeness (QED) is 0.855. The third-order valence-corrected chi connectivity index (χ3v) is 4.23. The summed E-state index contributed by atoms with van der Waals surface area (Å²) < 4.78 is 12.1. The zero-order valence-corrected chi connectivity index (χ0v) is 12.2. The molecule has 1 rings (SSSR count). The SMILES string of the molecule is CCCC[C@@H](O)/C(C)=C\S(=O)c1ccc(C)cc1. The van der Waals surface area contributed by atoms with E-state index in [1.807, 2.05) is 38.1 Å². The highest BCUT2D eigenvalue weighted by atomic mass is 32.2. The van der Waals surface area contributed by atoms with Crippen molar-refractivity contribution < 1.29 is 9.32 Å². The van der Waals surface area contributed by atoms with Crippen LogP contribution in [0.15, 0.2) is 40.1 Å². The fourth-order valence-corrected chi connectivity index (χ4v) is 2.65. The Labute approximate surface area is 112 Å². The van der Waals surface area contributed by atoms with Gasteiger partial charge in [0.1, 0.15) is 0 Å². The molecular formula is C15H22O2S. The second-order valence-electron chi connectivity index (χ2n) is 4.63. The van der Waals surface area contributed by atoms with Crippen molar-refractivity contribution in [3.05, 3.63) is 40.8 Å². The van der Waals surface area contributed by atoms with Crippen molar-refractivity contribution in [2.75, 3.05) is 0 Å². The van der Waals surface area contributed by atoms with E-state index in [0.29, 0.717) is 0 Å². The Kier molecular flexibility index (Phi) is 6.30. The third kappa shape index (κ3) is 4.75. The summed E-state index contributed by atoms with van der Waals surface area (Å²) in [6.45, 7) is 5.94. The highest BCUT2D eigenvalue weighted by Gasteiger charge is 2.08. The Morgan fingerprint density at radius 1 is 1.39 bits per heavy atom. The zero-order chi connectivity index (χ0) is 13.5. The van der Waals surface area contributed by atoms with E-state index in [1.165, 1.54) is 0 Å². The first kappa shape index (κ1) is 15.1. The summed E-state index contributed by atoms with van der Waals surface area (Å²) >= 11 is 0. The van der Waals surface area contributed by atoms with Crippen LogP contribution in [0.1, 0.15) is 38.7 Å². The lowest BCUT2D eigenvalue weighted by molar-refractivity contribution is 0.197.